The van der Waals surface area contributed by atoms with Crippen LogP contribution in [0.2, 0.25) is 0 Å². The van der Waals surface area contributed by atoms with Crippen molar-refractivity contribution in [3.05, 3.63) is 41.6 Å². The maximum absolute atomic E-state index is 11.8. The molecule has 1 fully saturated rings. The summed E-state index contributed by atoms with van der Waals surface area (Å²) in [4.78, 5) is 14.1. The summed E-state index contributed by atoms with van der Waals surface area (Å²) in [6, 6.07) is 9.81. The first kappa shape index (κ1) is 10.4. The molecule has 0 unspecified atom stereocenters. The third kappa shape index (κ3) is 1.82. The number of nitrogens with zero attached hydrogens (tertiary/aromatic N) is 1. The van der Waals surface area contributed by atoms with E-state index in [4.69, 9.17) is 4.74 Å². The van der Waals surface area contributed by atoms with E-state index >= 15 is 0 Å². The molecule has 2 aliphatic rings. The van der Waals surface area contributed by atoms with Gasteiger partial charge in [-0.1, -0.05) is 30.3 Å². The topological polar surface area (TPSA) is 29.5 Å². The van der Waals surface area contributed by atoms with E-state index in [2.05, 4.69) is 4.90 Å². The van der Waals surface area contributed by atoms with Crippen molar-refractivity contribution in [2.75, 3.05) is 19.7 Å². The Hall–Kier alpha value is -1.77. The van der Waals surface area contributed by atoms with Crippen molar-refractivity contribution in [1.29, 1.82) is 0 Å². The normalized spacial score (nSPS) is 20.0. The second kappa shape index (κ2) is 4.24. The molecule has 0 saturated carbocycles. The largest absolute Gasteiger partial charge is 0.456 e. The Morgan fingerprint density at radius 3 is 2.47 bits per heavy atom. The van der Waals surface area contributed by atoms with Crippen LogP contribution in [-0.2, 0) is 9.53 Å². The van der Waals surface area contributed by atoms with Gasteiger partial charge in [-0.15, -0.1) is 0 Å². The van der Waals surface area contributed by atoms with Crippen molar-refractivity contribution in [2.24, 2.45) is 0 Å². The number of carbonyl (C=O) groups excluding carboxylic acids is 1. The molecular weight excluding hydrogens is 214 g/mol. The zero-order valence-corrected chi connectivity index (χ0v) is 9.69. The summed E-state index contributed by atoms with van der Waals surface area (Å²) < 4.78 is 5.19. The Morgan fingerprint density at radius 2 is 1.76 bits per heavy atom. The minimum atomic E-state index is -0.182. The molecule has 3 heteroatoms. The lowest BCUT2D eigenvalue weighted by molar-refractivity contribution is -0.134. The van der Waals surface area contributed by atoms with Crippen LogP contribution in [0.25, 0.3) is 5.57 Å². The molecule has 17 heavy (non-hydrogen) atoms. The average Bonchev–Trinajstić information content (AvgIpc) is 2.98. The molecule has 3 rings (SSSR count). The van der Waals surface area contributed by atoms with Gasteiger partial charge in [0.1, 0.15) is 6.61 Å². The van der Waals surface area contributed by atoms with Gasteiger partial charge in [0.05, 0.1) is 11.3 Å². The molecule has 2 heterocycles. The van der Waals surface area contributed by atoms with Gasteiger partial charge < -0.3 is 9.64 Å². The van der Waals surface area contributed by atoms with Crippen LogP contribution in [0, 0.1) is 0 Å². The predicted octanol–water partition coefficient (Wildman–Crippen LogP) is 2.05. The van der Waals surface area contributed by atoms with Crippen LogP contribution >= 0.6 is 0 Å². The Bertz CT molecular complexity index is 458. The van der Waals surface area contributed by atoms with Crippen LogP contribution in [0.4, 0.5) is 0 Å². The van der Waals surface area contributed by atoms with Gasteiger partial charge in [0, 0.05) is 13.1 Å². The zero-order valence-electron chi connectivity index (χ0n) is 9.69. The molecule has 0 aromatic heterocycles. The molecule has 3 nitrogen and oxygen atoms in total. The van der Waals surface area contributed by atoms with Crippen molar-refractivity contribution in [1.82, 2.24) is 4.90 Å². The first-order chi connectivity index (χ1) is 8.36. The Kier molecular flexibility index (Phi) is 2.59. The molecule has 2 aliphatic heterocycles. The minimum Gasteiger partial charge on any atom is -0.456 e. The van der Waals surface area contributed by atoms with Gasteiger partial charge in [-0.3, -0.25) is 0 Å². The number of cyclic esters (lactones) is 1. The summed E-state index contributed by atoms with van der Waals surface area (Å²) >= 11 is 0. The highest BCUT2D eigenvalue weighted by atomic mass is 16.5. The first-order valence-corrected chi connectivity index (χ1v) is 6.07. The monoisotopic (exact) mass is 229 g/mol. The molecule has 0 N–H and O–H groups in total. The minimum absolute atomic E-state index is 0.182. The Balaban J connectivity index is 2.02. The standard InChI is InChI=1S/C14H15NO2/c16-14-13(11-6-2-1-3-7-11)12(10-17-14)15-8-4-5-9-15/h1-3,6-7H,4-5,8-10H2. The number of likely N-dealkylation sites (tertiary alicyclic amines) is 1. The number of ether oxygens (including phenoxy) is 1. The highest BCUT2D eigenvalue weighted by Crippen LogP contribution is 2.30. The molecule has 88 valence electrons. The molecular formula is C14H15NO2. The van der Waals surface area contributed by atoms with Crippen LogP contribution in [-0.4, -0.2) is 30.6 Å². The van der Waals surface area contributed by atoms with E-state index in [0.29, 0.717) is 6.61 Å². The van der Waals surface area contributed by atoms with Gasteiger partial charge in [-0.05, 0) is 18.4 Å². The molecule has 1 aromatic rings. The van der Waals surface area contributed by atoms with Crippen LogP contribution in [0.5, 0.6) is 0 Å². The van der Waals surface area contributed by atoms with E-state index in [1.165, 1.54) is 12.8 Å². The van der Waals surface area contributed by atoms with E-state index in [0.717, 1.165) is 29.9 Å². The highest BCUT2D eigenvalue weighted by Gasteiger charge is 2.30. The Morgan fingerprint density at radius 1 is 1.06 bits per heavy atom. The number of rotatable bonds is 2. The lowest BCUT2D eigenvalue weighted by atomic mass is 10.0. The van der Waals surface area contributed by atoms with E-state index in [1.807, 2.05) is 30.3 Å². The lowest BCUT2D eigenvalue weighted by Crippen LogP contribution is -2.20. The summed E-state index contributed by atoms with van der Waals surface area (Å²) in [6.07, 6.45) is 2.42. The van der Waals surface area contributed by atoms with Gasteiger partial charge >= 0.3 is 5.97 Å². The first-order valence-electron chi connectivity index (χ1n) is 6.07. The summed E-state index contributed by atoms with van der Waals surface area (Å²) in [5.41, 5.74) is 2.79. The summed E-state index contributed by atoms with van der Waals surface area (Å²) in [6.45, 7) is 2.52. The fraction of sp³-hybridized carbons (Fsp3) is 0.357. The van der Waals surface area contributed by atoms with Crippen LogP contribution < -0.4 is 0 Å². The number of esters is 1. The molecule has 0 amide bonds. The molecule has 0 atom stereocenters. The quantitative estimate of drug-likeness (QED) is 0.727. The van der Waals surface area contributed by atoms with Gasteiger partial charge in [0.15, 0.2) is 0 Å². The number of hydrogen-bond acceptors (Lipinski definition) is 3. The zero-order chi connectivity index (χ0) is 11.7. The molecule has 0 aliphatic carbocycles. The molecule has 1 saturated heterocycles. The predicted molar refractivity (Wildman–Crippen MR) is 65.1 cm³/mol. The maximum atomic E-state index is 11.8. The van der Waals surface area contributed by atoms with E-state index < -0.39 is 0 Å². The molecule has 0 bridgehead atoms. The SMILES string of the molecule is O=C1OCC(N2CCCC2)=C1c1ccccc1. The highest BCUT2D eigenvalue weighted by molar-refractivity contribution is 6.19. The van der Waals surface area contributed by atoms with Crippen molar-refractivity contribution in [3.63, 3.8) is 0 Å². The van der Waals surface area contributed by atoms with Gasteiger partial charge in [0.25, 0.3) is 0 Å². The van der Waals surface area contributed by atoms with Gasteiger partial charge in [-0.25, -0.2) is 4.79 Å². The summed E-state index contributed by atoms with van der Waals surface area (Å²) in [7, 11) is 0. The van der Waals surface area contributed by atoms with Crippen molar-refractivity contribution in [2.45, 2.75) is 12.8 Å². The van der Waals surface area contributed by atoms with Gasteiger partial charge in [0.2, 0.25) is 0 Å². The van der Waals surface area contributed by atoms with Crippen molar-refractivity contribution in [3.8, 4) is 0 Å². The molecule has 1 aromatic carbocycles. The van der Waals surface area contributed by atoms with Crippen LogP contribution in [0.3, 0.4) is 0 Å². The smallest absolute Gasteiger partial charge is 0.341 e. The Labute approximate surface area is 101 Å². The van der Waals surface area contributed by atoms with Crippen molar-refractivity contribution < 1.29 is 9.53 Å². The number of benzene rings is 1. The lowest BCUT2D eigenvalue weighted by Gasteiger charge is -2.18. The van der Waals surface area contributed by atoms with Crippen LogP contribution in [0.15, 0.2) is 36.0 Å². The van der Waals surface area contributed by atoms with E-state index in [-0.39, 0.29) is 5.97 Å². The number of hydrogen-bond donors (Lipinski definition) is 0. The second-order valence-electron chi connectivity index (χ2n) is 4.46. The van der Waals surface area contributed by atoms with Crippen molar-refractivity contribution >= 4 is 11.5 Å². The second-order valence-corrected chi connectivity index (χ2v) is 4.46. The summed E-state index contributed by atoms with van der Waals surface area (Å²) in [5, 5.41) is 0. The van der Waals surface area contributed by atoms with E-state index in [1.54, 1.807) is 0 Å². The maximum Gasteiger partial charge on any atom is 0.341 e. The average molecular weight is 229 g/mol. The van der Waals surface area contributed by atoms with Crippen LogP contribution in [0.1, 0.15) is 18.4 Å². The van der Waals surface area contributed by atoms with E-state index in [9.17, 15) is 4.79 Å². The third-order valence-electron chi connectivity index (χ3n) is 3.38. The van der Waals surface area contributed by atoms with Gasteiger partial charge in [-0.2, -0.15) is 0 Å². The molecule has 0 spiro atoms. The number of carbonyl (C=O) groups is 1. The molecule has 0 radical (unpaired) electrons. The third-order valence-corrected chi connectivity index (χ3v) is 3.38. The fourth-order valence-corrected chi connectivity index (χ4v) is 2.52. The fourth-order valence-electron chi connectivity index (χ4n) is 2.52. The summed E-state index contributed by atoms with van der Waals surface area (Å²) in [5.74, 6) is -0.182.